The predicted octanol–water partition coefficient (Wildman–Crippen LogP) is 4.65. The van der Waals surface area contributed by atoms with E-state index in [1.807, 2.05) is 33.2 Å². The molecule has 0 aliphatic heterocycles. The topological polar surface area (TPSA) is 70.6 Å². The van der Waals surface area contributed by atoms with Gasteiger partial charge in [-0.25, -0.2) is 13.4 Å². The Morgan fingerprint density at radius 1 is 1.16 bits per heavy atom. The molecule has 31 heavy (non-hydrogen) atoms. The number of aromatic nitrogens is 1. The lowest BCUT2D eigenvalue weighted by Crippen LogP contribution is -2.33. The number of anilines is 1. The van der Waals surface area contributed by atoms with Gasteiger partial charge in [-0.15, -0.1) is 0 Å². The first kappa shape index (κ1) is 23.7. The molecule has 0 aliphatic carbocycles. The second-order valence-electron chi connectivity index (χ2n) is 7.58. The number of benzene rings is 2. The molecule has 3 rings (SSSR count). The van der Waals surface area contributed by atoms with Gasteiger partial charge >= 0.3 is 0 Å². The van der Waals surface area contributed by atoms with Crippen LogP contribution in [-0.2, 0) is 9.84 Å². The van der Waals surface area contributed by atoms with Crippen LogP contribution in [0.1, 0.15) is 29.3 Å². The van der Waals surface area contributed by atoms with E-state index < -0.39 is 9.84 Å². The number of rotatable bonds is 8. The third-order valence-electron chi connectivity index (χ3n) is 4.97. The van der Waals surface area contributed by atoms with Gasteiger partial charge < -0.3 is 4.90 Å². The standard InChI is InChI=1S/C22H26ClN3O3S2/c1-5-31(28,29)17-9-6-8-16(14-17)21(27)26(13-7-12-25(3)4)22-24-19-15(2)10-11-18(23)20(19)30-22/h6,8-11,14H,5,7,12-13H2,1-4H3. The third-order valence-corrected chi connectivity index (χ3v) is 8.24. The number of aryl methyl sites for hydroxylation is 1. The zero-order valence-electron chi connectivity index (χ0n) is 18.1. The van der Waals surface area contributed by atoms with Gasteiger partial charge in [-0.3, -0.25) is 9.69 Å². The van der Waals surface area contributed by atoms with Crippen LogP contribution >= 0.6 is 22.9 Å². The van der Waals surface area contributed by atoms with Crippen LogP contribution in [-0.4, -0.2) is 57.1 Å². The van der Waals surface area contributed by atoms with E-state index in [9.17, 15) is 13.2 Å². The zero-order chi connectivity index (χ0) is 22.8. The number of amides is 1. The van der Waals surface area contributed by atoms with Crippen molar-refractivity contribution in [1.29, 1.82) is 0 Å². The van der Waals surface area contributed by atoms with Gasteiger partial charge in [0.1, 0.15) is 0 Å². The molecule has 0 saturated heterocycles. The highest BCUT2D eigenvalue weighted by atomic mass is 35.5. The van der Waals surface area contributed by atoms with Crippen LogP contribution in [0, 0.1) is 6.92 Å². The van der Waals surface area contributed by atoms with E-state index >= 15 is 0 Å². The Hall–Kier alpha value is -2.00. The summed E-state index contributed by atoms with van der Waals surface area (Å²) in [5.41, 5.74) is 2.08. The Labute approximate surface area is 192 Å². The molecule has 1 aromatic heterocycles. The molecule has 1 amide bonds. The summed E-state index contributed by atoms with van der Waals surface area (Å²) in [6.07, 6.45) is 0.744. The molecule has 166 valence electrons. The molecule has 2 aromatic carbocycles. The van der Waals surface area contributed by atoms with Crippen molar-refractivity contribution >= 4 is 54.0 Å². The lowest BCUT2D eigenvalue weighted by Gasteiger charge is -2.21. The van der Waals surface area contributed by atoms with Gasteiger partial charge in [-0.2, -0.15) is 0 Å². The van der Waals surface area contributed by atoms with Gasteiger partial charge in [-0.1, -0.05) is 42.0 Å². The van der Waals surface area contributed by atoms with Crippen LogP contribution in [0.5, 0.6) is 0 Å². The Morgan fingerprint density at radius 2 is 1.90 bits per heavy atom. The second-order valence-corrected chi connectivity index (χ2v) is 11.2. The Kier molecular flexibility index (Phi) is 7.36. The minimum atomic E-state index is -3.41. The minimum absolute atomic E-state index is 0.0210. The molecule has 0 fully saturated rings. The molecule has 0 radical (unpaired) electrons. The van der Waals surface area contributed by atoms with Crippen molar-refractivity contribution in [3.05, 3.63) is 52.5 Å². The number of halogens is 1. The monoisotopic (exact) mass is 479 g/mol. The molecule has 0 atom stereocenters. The molecule has 1 heterocycles. The van der Waals surface area contributed by atoms with Crippen molar-refractivity contribution in [1.82, 2.24) is 9.88 Å². The molecule has 0 bridgehead atoms. The van der Waals surface area contributed by atoms with Crippen LogP contribution in [0.15, 0.2) is 41.3 Å². The van der Waals surface area contributed by atoms with Crippen molar-refractivity contribution in [3.63, 3.8) is 0 Å². The summed E-state index contributed by atoms with van der Waals surface area (Å²) in [7, 11) is 0.544. The normalized spacial score (nSPS) is 11.9. The van der Waals surface area contributed by atoms with Crippen molar-refractivity contribution < 1.29 is 13.2 Å². The number of nitrogens with zero attached hydrogens (tertiary/aromatic N) is 3. The number of carbonyl (C=O) groups is 1. The number of thiazole rings is 1. The van der Waals surface area contributed by atoms with E-state index in [2.05, 4.69) is 4.90 Å². The first-order valence-corrected chi connectivity index (χ1v) is 12.8. The van der Waals surface area contributed by atoms with Crippen molar-refractivity contribution in [3.8, 4) is 0 Å². The van der Waals surface area contributed by atoms with Gasteiger partial charge in [0.15, 0.2) is 15.0 Å². The quantitative estimate of drug-likeness (QED) is 0.470. The van der Waals surface area contributed by atoms with E-state index in [1.54, 1.807) is 24.0 Å². The zero-order valence-corrected chi connectivity index (χ0v) is 20.4. The molecule has 6 nitrogen and oxygen atoms in total. The summed E-state index contributed by atoms with van der Waals surface area (Å²) in [4.78, 5) is 22.0. The van der Waals surface area contributed by atoms with Crippen LogP contribution in [0.3, 0.4) is 0 Å². The Bertz CT molecular complexity index is 1170. The maximum absolute atomic E-state index is 13.5. The number of hydrogen-bond acceptors (Lipinski definition) is 6. The number of sulfone groups is 1. The number of fused-ring (bicyclic) bond motifs is 1. The SMILES string of the molecule is CCS(=O)(=O)c1cccc(C(=O)N(CCCN(C)C)c2nc3c(C)ccc(Cl)c3s2)c1. The average Bonchev–Trinajstić information content (AvgIpc) is 3.20. The fourth-order valence-corrected chi connectivity index (χ4v) is 5.45. The van der Waals surface area contributed by atoms with Crippen LogP contribution < -0.4 is 4.90 Å². The lowest BCUT2D eigenvalue weighted by atomic mass is 10.2. The summed E-state index contributed by atoms with van der Waals surface area (Å²) >= 11 is 7.74. The lowest BCUT2D eigenvalue weighted by molar-refractivity contribution is 0.0986. The molecule has 0 N–H and O–H groups in total. The smallest absolute Gasteiger partial charge is 0.260 e. The largest absolute Gasteiger partial charge is 0.309 e. The highest BCUT2D eigenvalue weighted by molar-refractivity contribution is 7.91. The Balaban J connectivity index is 2.04. The van der Waals surface area contributed by atoms with Crippen LogP contribution in [0.4, 0.5) is 5.13 Å². The Morgan fingerprint density at radius 3 is 2.55 bits per heavy atom. The first-order chi connectivity index (χ1) is 14.6. The fraction of sp³-hybridized carbons (Fsp3) is 0.364. The van der Waals surface area contributed by atoms with Gasteiger partial charge in [0.2, 0.25) is 0 Å². The molecular weight excluding hydrogens is 454 g/mol. The number of carbonyl (C=O) groups excluding carboxylic acids is 1. The molecule has 0 saturated carbocycles. The molecule has 0 spiro atoms. The van der Waals surface area contributed by atoms with Gasteiger partial charge in [-0.05, 0) is 63.8 Å². The molecular formula is C22H26ClN3O3S2. The molecule has 9 heteroatoms. The summed E-state index contributed by atoms with van der Waals surface area (Å²) in [5.74, 6) is -0.299. The summed E-state index contributed by atoms with van der Waals surface area (Å²) in [6, 6.07) is 9.96. The van der Waals surface area contributed by atoms with Crippen molar-refractivity contribution in [2.75, 3.05) is 37.8 Å². The van der Waals surface area contributed by atoms with E-state index in [-0.39, 0.29) is 16.6 Å². The maximum Gasteiger partial charge on any atom is 0.260 e. The summed E-state index contributed by atoms with van der Waals surface area (Å²) < 4.78 is 25.4. The highest BCUT2D eigenvalue weighted by Crippen LogP contribution is 2.36. The third kappa shape index (κ3) is 5.26. The van der Waals surface area contributed by atoms with Crippen LogP contribution in [0.2, 0.25) is 5.02 Å². The molecule has 3 aromatic rings. The molecule has 0 unspecified atom stereocenters. The number of hydrogen-bond donors (Lipinski definition) is 0. The summed E-state index contributed by atoms with van der Waals surface area (Å²) in [5, 5.41) is 1.15. The van der Waals surface area contributed by atoms with E-state index in [0.717, 1.165) is 28.7 Å². The second kappa shape index (κ2) is 9.65. The maximum atomic E-state index is 13.5. The predicted molar refractivity (Wildman–Crippen MR) is 128 cm³/mol. The molecule has 0 aliphatic rings. The fourth-order valence-electron chi connectivity index (χ4n) is 3.18. The minimum Gasteiger partial charge on any atom is -0.309 e. The van der Waals surface area contributed by atoms with E-state index in [4.69, 9.17) is 16.6 Å². The summed E-state index contributed by atoms with van der Waals surface area (Å²) in [6.45, 7) is 4.81. The van der Waals surface area contributed by atoms with Gasteiger partial charge in [0.25, 0.3) is 5.91 Å². The van der Waals surface area contributed by atoms with E-state index in [1.165, 1.54) is 23.5 Å². The van der Waals surface area contributed by atoms with E-state index in [0.29, 0.717) is 22.3 Å². The van der Waals surface area contributed by atoms with Crippen molar-refractivity contribution in [2.45, 2.75) is 25.2 Å². The van der Waals surface area contributed by atoms with Gasteiger partial charge in [0, 0.05) is 12.1 Å². The average molecular weight is 480 g/mol. The van der Waals surface area contributed by atoms with Crippen LogP contribution in [0.25, 0.3) is 10.2 Å². The van der Waals surface area contributed by atoms with Gasteiger partial charge in [0.05, 0.1) is 25.9 Å². The van der Waals surface area contributed by atoms with Crippen molar-refractivity contribution in [2.24, 2.45) is 0 Å². The first-order valence-electron chi connectivity index (χ1n) is 9.99. The highest BCUT2D eigenvalue weighted by Gasteiger charge is 2.24.